The van der Waals surface area contributed by atoms with Gasteiger partial charge in [0, 0.05) is 30.3 Å². The molecule has 0 spiro atoms. The highest BCUT2D eigenvalue weighted by atomic mass is 32.2. The van der Waals surface area contributed by atoms with E-state index in [0.717, 1.165) is 23.3 Å². The molecule has 3 aliphatic heterocycles. The third-order valence-electron chi connectivity index (χ3n) is 5.70. The van der Waals surface area contributed by atoms with E-state index in [9.17, 15) is 19.2 Å². The third-order valence-corrected chi connectivity index (χ3v) is 7.07. The fourth-order valence-corrected chi connectivity index (χ4v) is 5.25. The number of carbonyl (C=O) groups excluding carboxylic acids is 4. The Balaban J connectivity index is 1.31. The van der Waals surface area contributed by atoms with Crippen molar-refractivity contribution in [1.29, 1.82) is 0 Å². The van der Waals surface area contributed by atoms with Gasteiger partial charge < -0.3 is 15.0 Å². The Morgan fingerprint density at radius 3 is 2.87 bits per heavy atom. The van der Waals surface area contributed by atoms with E-state index in [4.69, 9.17) is 4.74 Å². The highest BCUT2D eigenvalue weighted by molar-refractivity contribution is 7.99. The van der Waals surface area contributed by atoms with Gasteiger partial charge in [-0.05, 0) is 42.2 Å². The van der Waals surface area contributed by atoms with Crippen LogP contribution in [0.5, 0.6) is 0 Å². The van der Waals surface area contributed by atoms with Gasteiger partial charge in [-0.1, -0.05) is 18.6 Å². The van der Waals surface area contributed by atoms with Gasteiger partial charge in [-0.2, -0.15) is 11.8 Å². The zero-order valence-electron chi connectivity index (χ0n) is 16.6. The molecule has 2 atom stereocenters. The van der Waals surface area contributed by atoms with Gasteiger partial charge in [-0.25, -0.2) is 4.79 Å². The Bertz CT molecular complexity index is 868. The van der Waals surface area contributed by atoms with Gasteiger partial charge in [0.2, 0.25) is 11.8 Å². The number of nitrogens with one attached hydrogen (secondary N) is 2. The lowest BCUT2D eigenvalue weighted by Crippen LogP contribution is -2.52. The minimum Gasteiger partial charge on any atom is -0.448 e. The van der Waals surface area contributed by atoms with Crippen LogP contribution >= 0.6 is 11.8 Å². The molecule has 1 aromatic carbocycles. The van der Waals surface area contributed by atoms with E-state index in [1.807, 2.05) is 23.9 Å². The number of benzene rings is 1. The molecule has 2 saturated heterocycles. The summed E-state index contributed by atoms with van der Waals surface area (Å²) in [6, 6.07) is 4.83. The van der Waals surface area contributed by atoms with Crippen LogP contribution in [0.4, 0.5) is 4.79 Å². The van der Waals surface area contributed by atoms with E-state index in [-0.39, 0.29) is 24.8 Å². The van der Waals surface area contributed by atoms with Gasteiger partial charge in [0.05, 0.1) is 0 Å². The van der Waals surface area contributed by atoms with Crippen LogP contribution in [0.15, 0.2) is 18.2 Å². The first-order chi connectivity index (χ1) is 14.5. The Morgan fingerprint density at radius 2 is 2.10 bits per heavy atom. The van der Waals surface area contributed by atoms with Crippen molar-refractivity contribution in [3.63, 3.8) is 0 Å². The fourth-order valence-electron chi connectivity index (χ4n) is 4.04. The maximum Gasteiger partial charge on any atom is 0.407 e. The molecular formula is C21H25N3O5S. The minimum absolute atomic E-state index is 0.224. The summed E-state index contributed by atoms with van der Waals surface area (Å²) in [5.74, 6) is 0.170. The molecule has 0 radical (unpaired) electrons. The lowest BCUT2D eigenvalue weighted by molar-refractivity contribution is -0.136. The van der Waals surface area contributed by atoms with Crippen LogP contribution in [-0.2, 0) is 27.4 Å². The molecule has 4 amide bonds. The number of alkyl carbamates (subject to hydrolysis) is 1. The van der Waals surface area contributed by atoms with Crippen molar-refractivity contribution in [2.75, 3.05) is 12.4 Å². The summed E-state index contributed by atoms with van der Waals surface area (Å²) < 4.78 is 5.32. The summed E-state index contributed by atoms with van der Waals surface area (Å²) in [5, 5.41) is 5.41. The second kappa shape index (κ2) is 9.07. The molecule has 0 bridgehead atoms. The first kappa shape index (κ1) is 20.7. The second-order valence-electron chi connectivity index (χ2n) is 7.83. The standard InChI is InChI=1S/C21H25N3O5S/c25-18-7-6-17(19(26)23-18)24-11-14-5-4-13(9-16(14)20(24)27)10-22-21(28)29-12-15-3-1-2-8-30-15/h4-5,9,15,17H,1-3,6-8,10-12H2,(H,22,28)(H,23,25,26). The van der Waals surface area contributed by atoms with Gasteiger partial charge in [0.25, 0.3) is 5.91 Å². The molecule has 160 valence electrons. The van der Waals surface area contributed by atoms with Crippen LogP contribution < -0.4 is 10.6 Å². The summed E-state index contributed by atoms with van der Waals surface area (Å²) in [6.07, 6.45) is 3.59. The number of nitrogens with zero attached hydrogens (tertiary/aromatic N) is 1. The number of carbonyl (C=O) groups is 4. The highest BCUT2D eigenvalue weighted by Gasteiger charge is 2.39. The summed E-state index contributed by atoms with van der Waals surface area (Å²) >= 11 is 1.85. The van der Waals surface area contributed by atoms with Crippen molar-refractivity contribution in [1.82, 2.24) is 15.5 Å². The number of thioether (sulfide) groups is 1. The van der Waals surface area contributed by atoms with Crippen molar-refractivity contribution in [2.45, 2.75) is 56.5 Å². The highest BCUT2D eigenvalue weighted by Crippen LogP contribution is 2.28. The third kappa shape index (κ3) is 4.61. The number of fused-ring (bicyclic) bond motifs is 1. The zero-order chi connectivity index (χ0) is 21.1. The Morgan fingerprint density at radius 1 is 1.23 bits per heavy atom. The van der Waals surface area contributed by atoms with Gasteiger partial charge >= 0.3 is 6.09 Å². The number of ether oxygens (including phenoxy) is 1. The molecule has 1 aromatic rings. The number of hydrogen-bond donors (Lipinski definition) is 2. The van der Waals surface area contributed by atoms with E-state index in [1.165, 1.54) is 17.7 Å². The number of hydrogen-bond acceptors (Lipinski definition) is 6. The first-order valence-electron chi connectivity index (χ1n) is 10.3. The van der Waals surface area contributed by atoms with Crippen molar-refractivity contribution in [3.05, 3.63) is 34.9 Å². The molecule has 2 unspecified atom stereocenters. The van der Waals surface area contributed by atoms with Crippen LogP contribution in [0, 0.1) is 0 Å². The van der Waals surface area contributed by atoms with Crippen LogP contribution in [0.25, 0.3) is 0 Å². The van der Waals surface area contributed by atoms with Gasteiger partial charge in [-0.3, -0.25) is 19.7 Å². The first-order valence-corrected chi connectivity index (χ1v) is 11.3. The number of piperidine rings is 1. The predicted octanol–water partition coefficient (Wildman–Crippen LogP) is 1.96. The van der Waals surface area contributed by atoms with E-state index in [0.29, 0.717) is 30.4 Å². The van der Waals surface area contributed by atoms with E-state index < -0.39 is 18.0 Å². The summed E-state index contributed by atoms with van der Waals surface area (Å²) in [7, 11) is 0. The second-order valence-corrected chi connectivity index (χ2v) is 9.24. The average molecular weight is 432 g/mol. The Hall–Kier alpha value is -2.55. The molecule has 0 saturated carbocycles. The topological polar surface area (TPSA) is 105 Å². The minimum atomic E-state index is -0.628. The van der Waals surface area contributed by atoms with Crippen molar-refractivity contribution in [3.8, 4) is 0 Å². The zero-order valence-corrected chi connectivity index (χ0v) is 17.5. The van der Waals surface area contributed by atoms with Crippen LogP contribution in [0.2, 0.25) is 0 Å². The number of rotatable bonds is 5. The van der Waals surface area contributed by atoms with Crippen LogP contribution in [-0.4, -0.2) is 52.4 Å². The van der Waals surface area contributed by atoms with Gasteiger partial charge in [-0.15, -0.1) is 0 Å². The molecule has 0 aromatic heterocycles. The quantitative estimate of drug-likeness (QED) is 0.691. The normalized spacial score (nSPS) is 23.7. The fraction of sp³-hybridized carbons (Fsp3) is 0.524. The molecule has 30 heavy (non-hydrogen) atoms. The van der Waals surface area contributed by atoms with Crippen LogP contribution in [0.3, 0.4) is 0 Å². The molecule has 2 fully saturated rings. The van der Waals surface area contributed by atoms with Crippen molar-refractivity contribution in [2.24, 2.45) is 0 Å². The predicted molar refractivity (Wildman–Crippen MR) is 111 cm³/mol. The van der Waals surface area contributed by atoms with E-state index in [1.54, 1.807) is 6.07 Å². The van der Waals surface area contributed by atoms with Gasteiger partial charge in [0.15, 0.2) is 0 Å². The molecule has 3 heterocycles. The molecule has 8 nitrogen and oxygen atoms in total. The average Bonchev–Trinajstić information content (AvgIpc) is 3.07. The lowest BCUT2D eigenvalue weighted by atomic mass is 10.0. The Labute approximate surface area is 179 Å². The Kier molecular flexibility index (Phi) is 6.26. The summed E-state index contributed by atoms with van der Waals surface area (Å²) in [5.41, 5.74) is 2.16. The number of imide groups is 1. The lowest BCUT2D eigenvalue weighted by Gasteiger charge is -2.29. The molecule has 9 heteroatoms. The smallest absolute Gasteiger partial charge is 0.407 e. The van der Waals surface area contributed by atoms with Crippen molar-refractivity contribution >= 4 is 35.6 Å². The number of amides is 4. The van der Waals surface area contributed by atoms with E-state index >= 15 is 0 Å². The summed E-state index contributed by atoms with van der Waals surface area (Å²) in [6.45, 7) is 1.02. The SMILES string of the molecule is O=C1CCC(N2Cc3ccc(CNC(=O)OCC4CCCCS4)cc3C2=O)C(=O)N1. The van der Waals surface area contributed by atoms with Gasteiger partial charge in [0.1, 0.15) is 12.6 Å². The summed E-state index contributed by atoms with van der Waals surface area (Å²) in [4.78, 5) is 49.8. The van der Waals surface area contributed by atoms with E-state index in [2.05, 4.69) is 10.6 Å². The molecule has 2 N–H and O–H groups in total. The molecular weight excluding hydrogens is 406 g/mol. The van der Waals surface area contributed by atoms with Crippen LogP contribution in [0.1, 0.15) is 53.6 Å². The molecule has 3 aliphatic rings. The maximum atomic E-state index is 12.8. The molecule has 0 aliphatic carbocycles. The monoisotopic (exact) mass is 431 g/mol. The van der Waals surface area contributed by atoms with Crippen molar-refractivity contribution < 1.29 is 23.9 Å². The largest absolute Gasteiger partial charge is 0.448 e. The molecule has 4 rings (SSSR count). The maximum absolute atomic E-state index is 12.8.